The Morgan fingerprint density at radius 1 is 1.21 bits per heavy atom. The van der Waals surface area contributed by atoms with Crippen LogP contribution in [-0.2, 0) is 23.1 Å². The van der Waals surface area contributed by atoms with Crippen LogP contribution in [0.3, 0.4) is 0 Å². The van der Waals surface area contributed by atoms with E-state index in [2.05, 4.69) is 26.0 Å². The maximum Gasteiger partial charge on any atom is 0.230 e. The lowest BCUT2D eigenvalue weighted by Gasteiger charge is -2.39. The summed E-state index contributed by atoms with van der Waals surface area (Å²) in [5, 5.41) is 4.33. The van der Waals surface area contributed by atoms with E-state index in [1.165, 1.54) is 24.9 Å². The van der Waals surface area contributed by atoms with Crippen LogP contribution in [0.4, 0.5) is 0 Å². The average molecular weight is 402 g/mol. The van der Waals surface area contributed by atoms with Crippen molar-refractivity contribution in [3.63, 3.8) is 0 Å². The molecule has 1 aliphatic carbocycles. The quantitative estimate of drug-likeness (QED) is 0.742. The minimum atomic E-state index is -0.224. The number of nitrogens with zero attached hydrogens (tertiary/aromatic N) is 5. The second kappa shape index (κ2) is 8.00. The van der Waals surface area contributed by atoms with Gasteiger partial charge in [0.05, 0.1) is 24.8 Å². The van der Waals surface area contributed by atoms with Crippen molar-refractivity contribution >= 4 is 5.91 Å². The highest BCUT2D eigenvalue weighted by Crippen LogP contribution is 2.45. The van der Waals surface area contributed by atoms with Gasteiger partial charge >= 0.3 is 0 Å². The van der Waals surface area contributed by atoms with Crippen LogP contribution in [0.2, 0.25) is 0 Å². The van der Waals surface area contributed by atoms with Gasteiger partial charge in [0, 0.05) is 64.6 Å². The van der Waals surface area contributed by atoms with E-state index in [0.29, 0.717) is 25.0 Å². The van der Waals surface area contributed by atoms with Gasteiger partial charge in [0.2, 0.25) is 5.91 Å². The highest BCUT2D eigenvalue weighted by molar-refractivity contribution is 5.84. The third kappa shape index (κ3) is 4.09. The number of hydrogen-bond donors (Lipinski definition) is 0. The largest absolute Gasteiger partial charge is 0.378 e. The number of carbonyl (C=O) groups is 1. The van der Waals surface area contributed by atoms with Crippen LogP contribution in [0, 0.1) is 17.3 Å². The third-order valence-electron chi connectivity index (χ3n) is 7.44. The Balaban J connectivity index is 1.36. The monoisotopic (exact) mass is 401 g/mol. The Morgan fingerprint density at radius 3 is 2.72 bits per heavy atom. The molecule has 29 heavy (non-hydrogen) atoms. The Bertz CT molecular complexity index is 727. The van der Waals surface area contributed by atoms with Gasteiger partial charge in [0.15, 0.2) is 0 Å². The van der Waals surface area contributed by atoms with E-state index in [9.17, 15) is 4.79 Å². The van der Waals surface area contributed by atoms with Crippen molar-refractivity contribution in [2.75, 3.05) is 59.0 Å². The smallest absolute Gasteiger partial charge is 0.230 e. The summed E-state index contributed by atoms with van der Waals surface area (Å²) in [6.45, 7) is 9.14. The molecule has 4 fully saturated rings. The average Bonchev–Trinajstić information content (AvgIpc) is 3.39. The first kappa shape index (κ1) is 19.5. The van der Waals surface area contributed by atoms with Gasteiger partial charge in [-0.05, 0) is 44.1 Å². The van der Waals surface area contributed by atoms with Crippen molar-refractivity contribution in [3.8, 4) is 0 Å². The fourth-order valence-corrected chi connectivity index (χ4v) is 5.81. The van der Waals surface area contributed by atoms with E-state index in [1.807, 2.05) is 17.9 Å². The van der Waals surface area contributed by atoms with E-state index in [1.54, 1.807) is 0 Å². The molecule has 0 unspecified atom stereocenters. The predicted octanol–water partition coefficient (Wildman–Crippen LogP) is 1.20. The number of fused-ring (bicyclic) bond motifs is 1. The van der Waals surface area contributed by atoms with Crippen LogP contribution in [0.1, 0.15) is 31.2 Å². The molecule has 7 heteroatoms. The maximum absolute atomic E-state index is 13.9. The SMILES string of the molecule is Cn1cc(CN2C[C@H]3CN(CC4CC4)CCC[C@@]3(C(=O)N3CCOCC3)C2)cn1. The molecule has 3 saturated heterocycles. The Labute approximate surface area is 174 Å². The first-order valence-electron chi connectivity index (χ1n) is 11.4. The van der Waals surface area contributed by atoms with Gasteiger partial charge in [-0.2, -0.15) is 5.10 Å². The molecular formula is C22H35N5O2. The number of hydrogen-bond acceptors (Lipinski definition) is 5. The molecule has 160 valence electrons. The van der Waals surface area contributed by atoms with E-state index in [-0.39, 0.29) is 5.41 Å². The van der Waals surface area contributed by atoms with Crippen LogP contribution in [0.25, 0.3) is 0 Å². The van der Waals surface area contributed by atoms with Gasteiger partial charge in [-0.25, -0.2) is 0 Å². The minimum absolute atomic E-state index is 0.224. The molecule has 1 amide bonds. The molecule has 4 aliphatic rings. The van der Waals surface area contributed by atoms with Crippen molar-refractivity contribution in [2.45, 2.75) is 32.2 Å². The highest BCUT2D eigenvalue weighted by Gasteiger charge is 2.54. The topological polar surface area (TPSA) is 53.8 Å². The molecule has 0 spiro atoms. The summed E-state index contributed by atoms with van der Waals surface area (Å²) in [5.41, 5.74) is 1.02. The van der Waals surface area contributed by atoms with Gasteiger partial charge in [-0.1, -0.05) is 0 Å². The molecule has 7 nitrogen and oxygen atoms in total. The van der Waals surface area contributed by atoms with Crippen LogP contribution in [-0.4, -0.2) is 89.4 Å². The first-order chi connectivity index (χ1) is 14.1. The number of aromatic nitrogens is 2. The molecule has 2 atom stereocenters. The number of rotatable bonds is 5. The molecule has 0 aromatic carbocycles. The van der Waals surface area contributed by atoms with Crippen molar-refractivity contribution in [3.05, 3.63) is 18.0 Å². The van der Waals surface area contributed by atoms with E-state index in [4.69, 9.17) is 4.74 Å². The summed E-state index contributed by atoms with van der Waals surface area (Å²) in [4.78, 5) is 21.1. The predicted molar refractivity (Wildman–Crippen MR) is 110 cm³/mol. The standard InChI is InChI=1S/C22H35N5O2/c1-24-12-19(11-23-24)14-26-16-20-15-25(13-18-3-4-18)6-2-5-22(20,17-26)21(28)27-7-9-29-10-8-27/h11-12,18,20H,2-10,13-17H2,1H3/t20-,22-/m1/s1. The number of amides is 1. The molecular weight excluding hydrogens is 366 g/mol. The summed E-state index contributed by atoms with van der Waals surface area (Å²) >= 11 is 0. The summed E-state index contributed by atoms with van der Waals surface area (Å²) in [6.07, 6.45) is 9.02. The minimum Gasteiger partial charge on any atom is -0.378 e. The summed E-state index contributed by atoms with van der Waals surface area (Å²) < 4.78 is 7.39. The molecule has 1 aromatic rings. The normalized spacial score (nSPS) is 31.6. The Kier molecular flexibility index (Phi) is 5.39. The van der Waals surface area contributed by atoms with Gasteiger partial charge in [0.1, 0.15) is 0 Å². The van der Waals surface area contributed by atoms with Gasteiger partial charge in [-0.15, -0.1) is 0 Å². The van der Waals surface area contributed by atoms with Crippen molar-refractivity contribution in [2.24, 2.45) is 24.3 Å². The fourth-order valence-electron chi connectivity index (χ4n) is 5.81. The zero-order valence-corrected chi connectivity index (χ0v) is 17.8. The molecule has 5 rings (SSSR count). The number of ether oxygens (including phenoxy) is 1. The van der Waals surface area contributed by atoms with Crippen molar-refractivity contribution in [1.29, 1.82) is 0 Å². The molecule has 0 bridgehead atoms. The molecule has 4 heterocycles. The number of morpholine rings is 1. The summed E-state index contributed by atoms with van der Waals surface area (Å²) in [5.74, 6) is 1.73. The Morgan fingerprint density at radius 2 is 2.00 bits per heavy atom. The zero-order chi connectivity index (χ0) is 19.8. The lowest BCUT2D eigenvalue weighted by Crippen LogP contribution is -2.52. The zero-order valence-electron chi connectivity index (χ0n) is 17.8. The lowest BCUT2D eigenvalue weighted by atomic mass is 9.73. The van der Waals surface area contributed by atoms with Crippen LogP contribution in [0.5, 0.6) is 0 Å². The summed E-state index contributed by atoms with van der Waals surface area (Å²) in [7, 11) is 1.97. The van der Waals surface area contributed by atoms with E-state index < -0.39 is 0 Å². The summed E-state index contributed by atoms with van der Waals surface area (Å²) in [6, 6.07) is 0. The van der Waals surface area contributed by atoms with Crippen molar-refractivity contribution in [1.82, 2.24) is 24.5 Å². The molecule has 3 aliphatic heterocycles. The van der Waals surface area contributed by atoms with Crippen LogP contribution < -0.4 is 0 Å². The lowest BCUT2D eigenvalue weighted by molar-refractivity contribution is -0.148. The molecule has 0 N–H and O–H groups in total. The van der Waals surface area contributed by atoms with Gasteiger partial charge < -0.3 is 14.5 Å². The Hall–Kier alpha value is -1.44. The second-order valence-electron chi connectivity index (χ2n) is 9.76. The van der Waals surface area contributed by atoms with Crippen LogP contribution in [0.15, 0.2) is 12.4 Å². The van der Waals surface area contributed by atoms with E-state index in [0.717, 1.165) is 64.6 Å². The fraction of sp³-hybridized carbons (Fsp3) is 0.818. The van der Waals surface area contributed by atoms with Gasteiger partial charge in [0.25, 0.3) is 0 Å². The second-order valence-corrected chi connectivity index (χ2v) is 9.76. The van der Waals surface area contributed by atoms with Crippen molar-refractivity contribution < 1.29 is 9.53 Å². The number of carbonyl (C=O) groups excluding carboxylic acids is 1. The number of likely N-dealkylation sites (tertiary alicyclic amines) is 2. The molecule has 0 radical (unpaired) electrons. The molecule has 1 aromatic heterocycles. The first-order valence-corrected chi connectivity index (χ1v) is 11.4. The molecule has 1 saturated carbocycles. The third-order valence-corrected chi connectivity index (χ3v) is 7.44. The van der Waals surface area contributed by atoms with Gasteiger partial charge in [-0.3, -0.25) is 14.4 Å². The van der Waals surface area contributed by atoms with Crippen LogP contribution >= 0.6 is 0 Å². The highest BCUT2D eigenvalue weighted by atomic mass is 16.5. The maximum atomic E-state index is 13.9. The van der Waals surface area contributed by atoms with E-state index >= 15 is 0 Å². The number of aryl methyl sites for hydroxylation is 1.